The number of hydrogen-bond donors (Lipinski definition) is 1. The average molecular weight is 263 g/mol. The highest BCUT2D eigenvalue weighted by atomic mass is 35.5. The summed E-state index contributed by atoms with van der Waals surface area (Å²) >= 11 is 6.11. The fraction of sp³-hybridized carbons (Fsp3) is 0.308. The number of aryl methyl sites for hydroxylation is 1. The molecule has 4 nitrogen and oxygen atoms in total. The molecule has 0 saturated carbocycles. The molecule has 0 aliphatic carbocycles. The van der Waals surface area contributed by atoms with Gasteiger partial charge in [-0.25, -0.2) is 4.98 Å². The van der Waals surface area contributed by atoms with Crippen molar-refractivity contribution in [2.24, 2.45) is 0 Å². The minimum atomic E-state index is 0.274. The highest BCUT2D eigenvalue weighted by Crippen LogP contribution is 2.17. The Kier molecular flexibility index (Phi) is 4.10. The fourth-order valence-electron chi connectivity index (χ4n) is 1.71. The molecule has 0 saturated heterocycles. The number of benzene rings is 1. The van der Waals surface area contributed by atoms with Gasteiger partial charge >= 0.3 is 0 Å². The molecule has 0 atom stereocenters. The summed E-state index contributed by atoms with van der Waals surface area (Å²) < 4.78 is 0. The van der Waals surface area contributed by atoms with Crippen LogP contribution in [0.5, 0.6) is 0 Å². The highest BCUT2D eigenvalue weighted by molar-refractivity contribution is 6.31. The van der Waals surface area contributed by atoms with Crippen LogP contribution in [0.15, 0.2) is 24.3 Å². The van der Waals surface area contributed by atoms with Crippen LogP contribution in [0, 0.1) is 0 Å². The second kappa shape index (κ2) is 5.78. The van der Waals surface area contributed by atoms with E-state index in [1.54, 1.807) is 0 Å². The Morgan fingerprint density at radius 2 is 1.83 bits per heavy atom. The fourth-order valence-corrected chi connectivity index (χ4v) is 1.92. The van der Waals surface area contributed by atoms with E-state index in [-0.39, 0.29) is 5.95 Å². The van der Waals surface area contributed by atoms with Gasteiger partial charge in [0.2, 0.25) is 5.95 Å². The molecule has 0 aliphatic rings. The number of nitrogens with zero attached hydrogens (tertiary/aromatic N) is 3. The van der Waals surface area contributed by atoms with Crippen molar-refractivity contribution in [3.05, 3.63) is 46.5 Å². The van der Waals surface area contributed by atoms with Gasteiger partial charge in [0.15, 0.2) is 0 Å². The van der Waals surface area contributed by atoms with E-state index < -0.39 is 0 Å². The first kappa shape index (κ1) is 12.8. The van der Waals surface area contributed by atoms with Crippen molar-refractivity contribution in [1.29, 1.82) is 0 Å². The normalized spacial score (nSPS) is 10.6. The Morgan fingerprint density at radius 3 is 2.56 bits per heavy atom. The summed E-state index contributed by atoms with van der Waals surface area (Å²) in [6, 6.07) is 7.66. The average Bonchev–Trinajstić information content (AvgIpc) is 2.32. The monoisotopic (exact) mass is 262 g/mol. The summed E-state index contributed by atoms with van der Waals surface area (Å²) in [5.74, 6) is 1.68. The third-order valence-electron chi connectivity index (χ3n) is 2.53. The molecule has 0 fully saturated rings. The molecule has 94 valence electrons. The van der Waals surface area contributed by atoms with E-state index in [0.717, 1.165) is 24.2 Å². The number of rotatable bonds is 4. The summed E-state index contributed by atoms with van der Waals surface area (Å²) in [6.45, 7) is 2.08. The largest absolute Gasteiger partial charge is 0.368 e. The molecule has 0 spiro atoms. The second-order valence-corrected chi connectivity index (χ2v) is 4.45. The molecular weight excluding hydrogens is 248 g/mol. The van der Waals surface area contributed by atoms with Crippen molar-refractivity contribution in [1.82, 2.24) is 15.0 Å². The predicted molar refractivity (Wildman–Crippen MR) is 72.5 cm³/mol. The smallest absolute Gasteiger partial charge is 0.223 e. The van der Waals surface area contributed by atoms with E-state index in [1.165, 1.54) is 0 Å². The summed E-state index contributed by atoms with van der Waals surface area (Å²) in [5.41, 5.74) is 6.68. The van der Waals surface area contributed by atoms with E-state index in [0.29, 0.717) is 17.3 Å². The van der Waals surface area contributed by atoms with Crippen LogP contribution >= 0.6 is 11.6 Å². The van der Waals surface area contributed by atoms with Crippen molar-refractivity contribution < 1.29 is 0 Å². The van der Waals surface area contributed by atoms with Crippen LogP contribution in [0.25, 0.3) is 0 Å². The zero-order valence-corrected chi connectivity index (χ0v) is 11.0. The van der Waals surface area contributed by atoms with E-state index in [2.05, 4.69) is 21.9 Å². The van der Waals surface area contributed by atoms with Crippen molar-refractivity contribution in [2.75, 3.05) is 5.73 Å². The summed E-state index contributed by atoms with van der Waals surface area (Å²) in [6.07, 6.45) is 2.36. The van der Waals surface area contributed by atoms with Gasteiger partial charge in [-0.2, -0.15) is 9.97 Å². The summed E-state index contributed by atoms with van der Waals surface area (Å²) in [7, 11) is 0. The zero-order valence-electron chi connectivity index (χ0n) is 10.2. The summed E-state index contributed by atoms with van der Waals surface area (Å²) in [4.78, 5) is 12.7. The molecule has 0 radical (unpaired) electrons. The molecule has 18 heavy (non-hydrogen) atoms. The number of aromatic nitrogens is 3. The second-order valence-electron chi connectivity index (χ2n) is 4.04. The number of nitrogens with two attached hydrogens (primary N) is 1. The number of anilines is 1. The predicted octanol–water partition coefficient (Wildman–Crippen LogP) is 2.65. The lowest BCUT2D eigenvalue weighted by Crippen LogP contribution is -2.08. The van der Waals surface area contributed by atoms with Crippen LogP contribution < -0.4 is 5.73 Å². The van der Waals surface area contributed by atoms with E-state index in [9.17, 15) is 0 Å². The molecule has 2 N–H and O–H groups in total. The van der Waals surface area contributed by atoms with Gasteiger partial charge in [-0.3, -0.25) is 0 Å². The lowest BCUT2D eigenvalue weighted by atomic mass is 10.1. The third-order valence-corrected chi connectivity index (χ3v) is 2.89. The topological polar surface area (TPSA) is 64.7 Å². The van der Waals surface area contributed by atoms with Crippen molar-refractivity contribution in [2.45, 2.75) is 26.2 Å². The van der Waals surface area contributed by atoms with Crippen LogP contribution in [-0.4, -0.2) is 15.0 Å². The van der Waals surface area contributed by atoms with E-state index in [4.69, 9.17) is 17.3 Å². The maximum absolute atomic E-state index is 6.11. The molecule has 0 amide bonds. The highest BCUT2D eigenvalue weighted by Gasteiger charge is 2.07. The van der Waals surface area contributed by atoms with Gasteiger partial charge in [-0.1, -0.05) is 36.7 Å². The van der Waals surface area contributed by atoms with Gasteiger partial charge in [-0.15, -0.1) is 0 Å². The number of hydrogen-bond acceptors (Lipinski definition) is 4. The van der Waals surface area contributed by atoms with Gasteiger partial charge < -0.3 is 5.73 Å². The Labute approximate surface area is 111 Å². The Morgan fingerprint density at radius 1 is 1.11 bits per heavy atom. The van der Waals surface area contributed by atoms with Gasteiger partial charge in [0.05, 0.1) is 0 Å². The van der Waals surface area contributed by atoms with Gasteiger partial charge in [-0.05, 0) is 18.1 Å². The van der Waals surface area contributed by atoms with Crippen LogP contribution in [-0.2, 0) is 12.8 Å². The molecule has 0 bridgehead atoms. The lowest BCUT2D eigenvalue weighted by molar-refractivity contribution is 0.792. The zero-order chi connectivity index (χ0) is 13.0. The standard InChI is InChI=1S/C13H15ClN4/c1-2-5-11-16-12(18-13(15)17-11)8-9-6-3-4-7-10(9)14/h3-4,6-7H,2,5,8H2,1H3,(H2,15,16,17,18). The summed E-state index contributed by atoms with van der Waals surface area (Å²) in [5, 5.41) is 0.716. The molecule has 5 heteroatoms. The Balaban J connectivity index is 2.26. The SMILES string of the molecule is CCCc1nc(N)nc(Cc2ccccc2Cl)n1. The third kappa shape index (κ3) is 3.17. The minimum absolute atomic E-state index is 0.274. The van der Waals surface area contributed by atoms with Crippen LogP contribution in [0.3, 0.4) is 0 Å². The van der Waals surface area contributed by atoms with Crippen molar-refractivity contribution in [3.8, 4) is 0 Å². The first-order valence-corrected chi connectivity index (χ1v) is 6.29. The Bertz CT molecular complexity index is 542. The molecule has 0 aliphatic heterocycles. The van der Waals surface area contributed by atoms with Gasteiger partial charge in [0, 0.05) is 17.9 Å². The number of nitrogen functional groups attached to an aromatic ring is 1. The first-order chi connectivity index (χ1) is 8.69. The van der Waals surface area contributed by atoms with Crippen LogP contribution in [0.1, 0.15) is 30.6 Å². The van der Waals surface area contributed by atoms with Gasteiger partial charge in [0.1, 0.15) is 11.6 Å². The molecule has 0 unspecified atom stereocenters. The van der Waals surface area contributed by atoms with Crippen LogP contribution in [0.2, 0.25) is 5.02 Å². The lowest BCUT2D eigenvalue weighted by Gasteiger charge is -2.05. The molecule has 1 heterocycles. The molecule has 2 rings (SSSR count). The van der Waals surface area contributed by atoms with Crippen molar-refractivity contribution in [3.63, 3.8) is 0 Å². The van der Waals surface area contributed by atoms with E-state index in [1.807, 2.05) is 24.3 Å². The maximum atomic E-state index is 6.11. The van der Waals surface area contributed by atoms with Crippen LogP contribution in [0.4, 0.5) is 5.95 Å². The van der Waals surface area contributed by atoms with Gasteiger partial charge in [0.25, 0.3) is 0 Å². The maximum Gasteiger partial charge on any atom is 0.223 e. The Hall–Kier alpha value is -1.68. The molecular formula is C13H15ClN4. The molecule has 2 aromatic rings. The minimum Gasteiger partial charge on any atom is -0.368 e. The quantitative estimate of drug-likeness (QED) is 0.920. The molecule has 1 aromatic carbocycles. The molecule has 1 aromatic heterocycles. The van der Waals surface area contributed by atoms with Crippen molar-refractivity contribution >= 4 is 17.5 Å². The number of halogens is 1. The van der Waals surface area contributed by atoms with E-state index >= 15 is 0 Å². The first-order valence-electron chi connectivity index (χ1n) is 5.91.